The van der Waals surface area contributed by atoms with Gasteiger partial charge in [0.05, 0.1) is 5.92 Å². The van der Waals surface area contributed by atoms with E-state index >= 15 is 0 Å². The lowest BCUT2D eigenvalue weighted by molar-refractivity contribution is 0.262. The van der Waals surface area contributed by atoms with Crippen LogP contribution in [-0.2, 0) is 9.84 Å². The van der Waals surface area contributed by atoms with Gasteiger partial charge in [0, 0.05) is 12.3 Å². The average molecular weight is 315 g/mol. The fourth-order valence-corrected chi connectivity index (χ4v) is 3.23. The zero-order chi connectivity index (χ0) is 15.5. The number of hydrogen-bond acceptors (Lipinski definition) is 6. The van der Waals surface area contributed by atoms with Crippen LogP contribution in [0.5, 0.6) is 0 Å². The first-order chi connectivity index (χ1) is 9.93. The van der Waals surface area contributed by atoms with Crippen LogP contribution in [0, 0.1) is 0 Å². The van der Waals surface area contributed by atoms with E-state index in [4.69, 9.17) is 4.52 Å². The molecule has 120 valence electrons. The van der Waals surface area contributed by atoms with Crippen molar-refractivity contribution in [2.45, 2.75) is 63.2 Å². The quantitative estimate of drug-likeness (QED) is 0.866. The molecular weight excluding hydrogens is 290 g/mol. The van der Waals surface area contributed by atoms with Gasteiger partial charge >= 0.3 is 0 Å². The van der Waals surface area contributed by atoms with Gasteiger partial charge in [-0.15, -0.1) is 0 Å². The molecule has 0 amide bonds. The first-order valence-corrected chi connectivity index (χ1v) is 9.64. The molecule has 1 heterocycles. The fourth-order valence-electron chi connectivity index (χ4n) is 2.75. The lowest BCUT2D eigenvalue weighted by Crippen LogP contribution is -2.37. The van der Waals surface area contributed by atoms with E-state index in [-0.39, 0.29) is 11.7 Å². The minimum atomic E-state index is -3.20. The zero-order valence-electron chi connectivity index (χ0n) is 13.0. The molecule has 0 aromatic carbocycles. The van der Waals surface area contributed by atoms with Crippen molar-refractivity contribution in [1.29, 1.82) is 0 Å². The number of rotatable bonds is 6. The third-order valence-electron chi connectivity index (χ3n) is 4.20. The van der Waals surface area contributed by atoms with Gasteiger partial charge in [-0.1, -0.05) is 24.9 Å². The zero-order valence-corrected chi connectivity index (χ0v) is 13.8. The highest BCUT2D eigenvalue weighted by atomic mass is 32.2. The topological polar surface area (TPSA) is 85.1 Å². The summed E-state index contributed by atoms with van der Waals surface area (Å²) in [6, 6.07) is 0.348. The SMILES string of the molecule is CCCNC1CCCCC1c1nc(C(C)S(C)(=O)=O)no1. The smallest absolute Gasteiger partial charge is 0.231 e. The van der Waals surface area contributed by atoms with Crippen LogP contribution in [0.2, 0.25) is 0 Å². The van der Waals surface area contributed by atoms with Gasteiger partial charge in [0.15, 0.2) is 15.7 Å². The normalized spacial score (nSPS) is 24.9. The fraction of sp³-hybridized carbons (Fsp3) is 0.857. The van der Waals surface area contributed by atoms with E-state index in [2.05, 4.69) is 22.4 Å². The monoisotopic (exact) mass is 315 g/mol. The highest BCUT2D eigenvalue weighted by Gasteiger charge is 2.32. The molecule has 2 rings (SSSR count). The summed E-state index contributed by atoms with van der Waals surface area (Å²) in [4.78, 5) is 4.36. The third kappa shape index (κ3) is 4.03. The van der Waals surface area contributed by atoms with Gasteiger partial charge in [-0.25, -0.2) is 8.42 Å². The van der Waals surface area contributed by atoms with Gasteiger partial charge in [0.2, 0.25) is 5.89 Å². The molecule has 0 aliphatic heterocycles. The predicted octanol–water partition coefficient (Wildman–Crippen LogP) is 2.20. The minimum absolute atomic E-state index is 0.193. The van der Waals surface area contributed by atoms with Crippen molar-refractivity contribution in [3.63, 3.8) is 0 Å². The van der Waals surface area contributed by atoms with Crippen LogP contribution in [-0.4, -0.2) is 37.4 Å². The van der Waals surface area contributed by atoms with E-state index in [0.29, 0.717) is 11.9 Å². The van der Waals surface area contributed by atoms with Crippen molar-refractivity contribution < 1.29 is 12.9 Å². The Morgan fingerprint density at radius 3 is 2.76 bits per heavy atom. The lowest BCUT2D eigenvalue weighted by Gasteiger charge is -2.29. The second-order valence-electron chi connectivity index (χ2n) is 5.91. The highest BCUT2D eigenvalue weighted by molar-refractivity contribution is 7.90. The van der Waals surface area contributed by atoms with Gasteiger partial charge in [0.25, 0.3) is 0 Å². The highest BCUT2D eigenvalue weighted by Crippen LogP contribution is 2.33. The lowest BCUT2D eigenvalue weighted by atomic mass is 9.84. The molecule has 0 bridgehead atoms. The molecule has 21 heavy (non-hydrogen) atoms. The number of aromatic nitrogens is 2. The molecule has 1 aliphatic rings. The molecule has 1 N–H and O–H groups in total. The van der Waals surface area contributed by atoms with E-state index in [9.17, 15) is 8.42 Å². The van der Waals surface area contributed by atoms with Gasteiger partial charge in [-0.05, 0) is 32.7 Å². The van der Waals surface area contributed by atoms with Crippen LogP contribution in [0.4, 0.5) is 0 Å². The number of nitrogens with one attached hydrogen (secondary N) is 1. The Morgan fingerprint density at radius 2 is 2.10 bits per heavy atom. The second-order valence-corrected chi connectivity index (χ2v) is 8.28. The first-order valence-electron chi connectivity index (χ1n) is 7.69. The number of hydrogen-bond donors (Lipinski definition) is 1. The molecule has 0 saturated heterocycles. The number of sulfone groups is 1. The summed E-state index contributed by atoms with van der Waals surface area (Å²) in [5, 5.41) is 6.70. The first kappa shape index (κ1) is 16.4. The van der Waals surface area contributed by atoms with Crippen LogP contribution >= 0.6 is 0 Å². The molecule has 3 atom stereocenters. The summed E-state index contributed by atoms with van der Waals surface area (Å²) < 4.78 is 28.5. The van der Waals surface area contributed by atoms with Crippen LogP contribution in [0.1, 0.15) is 68.8 Å². The molecule has 6 nitrogen and oxygen atoms in total. The Morgan fingerprint density at radius 1 is 1.38 bits per heavy atom. The molecule has 0 spiro atoms. The largest absolute Gasteiger partial charge is 0.339 e. The molecule has 1 saturated carbocycles. The van der Waals surface area contributed by atoms with E-state index in [1.807, 2.05) is 0 Å². The maximum Gasteiger partial charge on any atom is 0.231 e. The molecule has 0 radical (unpaired) electrons. The van der Waals surface area contributed by atoms with Crippen molar-refractivity contribution in [2.24, 2.45) is 0 Å². The van der Waals surface area contributed by atoms with E-state index in [0.717, 1.165) is 32.2 Å². The summed E-state index contributed by atoms with van der Waals surface area (Å²) in [6.07, 6.45) is 6.75. The molecule has 7 heteroatoms. The Labute approximate surface area is 126 Å². The summed E-state index contributed by atoms with van der Waals surface area (Å²) in [5.41, 5.74) is 0. The van der Waals surface area contributed by atoms with Crippen molar-refractivity contribution in [3.8, 4) is 0 Å². The molecule has 1 aromatic rings. The Balaban J connectivity index is 2.14. The Kier molecular flexibility index (Phi) is 5.37. The van der Waals surface area contributed by atoms with E-state index in [1.54, 1.807) is 6.92 Å². The maximum atomic E-state index is 11.6. The van der Waals surface area contributed by atoms with Crippen molar-refractivity contribution in [1.82, 2.24) is 15.5 Å². The van der Waals surface area contributed by atoms with Gasteiger partial charge in [0.1, 0.15) is 5.25 Å². The molecular formula is C14H25N3O3S. The molecule has 1 fully saturated rings. The van der Waals surface area contributed by atoms with Crippen LogP contribution < -0.4 is 5.32 Å². The van der Waals surface area contributed by atoms with Gasteiger partial charge < -0.3 is 9.84 Å². The molecule has 1 aliphatic carbocycles. The summed E-state index contributed by atoms with van der Waals surface area (Å²) >= 11 is 0. The standard InChI is InChI=1S/C14H25N3O3S/c1-4-9-15-12-8-6-5-7-11(12)14-16-13(17-20-14)10(2)21(3,18)19/h10-12,15H,4-9H2,1-3H3. The average Bonchev–Trinajstić information content (AvgIpc) is 2.93. The van der Waals surface area contributed by atoms with Crippen molar-refractivity contribution in [3.05, 3.63) is 11.7 Å². The second kappa shape index (κ2) is 6.87. The minimum Gasteiger partial charge on any atom is -0.339 e. The van der Waals surface area contributed by atoms with Gasteiger partial charge in [-0.2, -0.15) is 4.98 Å². The summed E-state index contributed by atoms with van der Waals surface area (Å²) in [7, 11) is -3.20. The molecule has 1 aromatic heterocycles. The predicted molar refractivity (Wildman–Crippen MR) is 80.8 cm³/mol. The van der Waals surface area contributed by atoms with Crippen LogP contribution in [0.25, 0.3) is 0 Å². The van der Waals surface area contributed by atoms with Crippen molar-refractivity contribution >= 4 is 9.84 Å². The summed E-state index contributed by atoms with van der Waals surface area (Å²) in [6.45, 7) is 4.71. The Hall–Kier alpha value is -0.950. The Bertz CT molecular complexity index is 556. The summed E-state index contributed by atoms with van der Waals surface area (Å²) in [5.74, 6) is 1.04. The van der Waals surface area contributed by atoms with Crippen LogP contribution in [0.15, 0.2) is 4.52 Å². The maximum absolute atomic E-state index is 11.6. The van der Waals surface area contributed by atoms with Crippen molar-refractivity contribution in [2.75, 3.05) is 12.8 Å². The van der Waals surface area contributed by atoms with Crippen LogP contribution in [0.3, 0.4) is 0 Å². The molecule has 3 unspecified atom stereocenters. The van der Waals surface area contributed by atoms with E-state index < -0.39 is 15.1 Å². The van der Waals surface area contributed by atoms with Gasteiger partial charge in [-0.3, -0.25) is 0 Å². The van der Waals surface area contributed by atoms with E-state index in [1.165, 1.54) is 12.7 Å². The number of nitrogens with zero attached hydrogens (tertiary/aromatic N) is 2. The third-order valence-corrected chi connectivity index (χ3v) is 5.70.